The van der Waals surface area contributed by atoms with Gasteiger partial charge in [0.05, 0.1) is 26.4 Å². The first-order chi connectivity index (χ1) is 23.3. The number of unbranched alkanes of at least 4 members (excludes halogenated alkanes) is 19. The second kappa shape index (κ2) is 35.8. The van der Waals surface area contributed by atoms with E-state index in [9.17, 15) is 19.4 Å². The van der Waals surface area contributed by atoms with Crippen LogP contribution in [-0.4, -0.2) is 66.3 Å². The lowest BCUT2D eigenvalue weighted by molar-refractivity contribution is -0.154. The first kappa shape index (κ1) is 46.9. The summed E-state index contributed by atoms with van der Waals surface area (Å²) in [6.45, 7) is 3.47. The zero-order valence-corrected chi connectivity index (χ0v) is 31.6. The van der Waals surface area contributed by atoms with Gasteiger partial charge < -0.3 is 24.6 Å². The minimum Gasteiger partial charge on any atom is -0.457 e. The van der Waals surface area contributed by atoms with E-state index in [2.05, 4.69) is 38.2 Å². The number of ether oxygens (including phenoxy) is 2. The Labute approximate surface area is 293 Å². The summed E-state index contributed by atoms with van der Waals surface area (Å²) in [5, 5.41) is 18.3. The lowest BCUT2D eigenvalue weighted by atomic mass is 10.1. The third kappa shape index (κ3) is 34.8. The fourth-order valence-electron chi connectivity index (χ4n) is 5.15. The SMILES string of the molecule is CCCCCC/C=C\C/C=C\CCCCCCCCCC(=O)OC(COCCCCCCCCCCC)COP(=O)(O)OCC(O)CO. The Hall–Kier alpha value is -1.06. The first-order valence-corrected chi connectivity index (χ1v) is 20.8. The third-order valence-electron chi connectivity index (χ3n) is 8.14. The van der Waals surface area contributed by atoms with Gasteiger partial charge >= 0.3 is 13.8 Å². The molecule has 284 valence electrons. The number of phosphoric ester groups is 1. The van der Waals surface area contributed by atoms with Gasteiger partial charge in [0.2, 0.25) is 0 Å². The average molecular weight is 705 g/mol. The van der Waals surface area contributed by atoms with Gasteiger partial charge in [0, 0.05) is 13.0 Å². The number of rotatable bonds is 37. The molecule has 0 heterocycles. The molecule has 0 aromatic heterocycles. The summed E-state index contributed by atoms with van der Waals surface area (Å²) in [6.07, 6.45) is 34.2. The van der Waals surface area contributed by atoms with E-state index in [1.165, 1.54) is 89.9 Å². The fourth-order valence-corrected chi connectivity index (χ4v) is 5.94. The molecule has 0 radical (unpaired) electrons. The minimum atomic E-state index is -4.51. The molecule has 3 N–H and O–H groups in total. The van der Waals surface area contributed by atoms with Crippen molar-refractivity contribution in [1.29, 1.82) is 0 Å². The number of carbonyl (C=O) groups is 1. The van der Waals surface area contributed by atoms with Crippen LogP contribution >= 0.6 is 7.82 Å². The molecule has 0 aliphatic rings. The Morgan fingerprint density at radius 1 is 0.646 bits per heavy atom. The van der Waals surface area contributed by atoms with Gasteiger partial charge in [-0.25, -0.2) is 4.57 Å². The molecule has 0 saturated heterocycles. The van der Waals surface area contributed by atoms with E-state index in [1.807, 2.05) is 0 Å². The molecule has 3 unspecified atom stereocenters. The quantitative estimate of drug-likeness (QED) is 0.0250. The van der Waals surface area contributed by atoms with Crippen molar-refractivity contribution in [2.24, 2.45) is 0 Å². The van der Waals surface area contributed by atoms with E-state index in [-0.39, 0.29) is 19.6 Å². The Bertz CT molecular complexity index is 805. The smallest absolute Gasteiger partial charge is 0.457 e. The third-order valence-corrected chi connectivity index (χ3v) is 9.09. The number of aliphatic hydroxyl groups excluding tert-OH is 2. The van der Waals surface area contributed by atoms with E-state index in [4.69, 9.17) is 23.6 Å². The van der Waals surface area contributed by atoms with Crippen LogP contribution in [0.1, 0.15) is 168 Å². The van der Waals surface area contributed by atoms with Crippen molar-refractivity contribution in [2.45, 2.75) is 180 Å². The van der Waals surface area contributed by atoms with Crippen molar-refractivity contribution in [3.63, 3.8) is 0 Å². The fraction of sp³-hybridized carbons (Fsp3) is 0.868. The van der Waals surface area contributed by atoms with Gasteiger partial charge in [-0.1, -0.05) is 141 Å². The van der Waals surface area contributed by atoms with Crippen LogP contribution in [0.3, 0.4) is 0 Å². The number of aliphatic hydroxyl groups is 2. The molecule has 0 saturated carbocycles. The highest BCUT2D eigenvalue weighted by Gasteiger charge is 2.26. The van der Waals surface area contributed by atoms with Crippen molar-refractivity contribution < 1.29 is 43.0 Å². The molecule has 0 aliphatic carbocycles. The Kier molecular flexibility index (Phi) is 35.0. The van der Waals surface area contributed by atoms with Crippen LogP contribution in [0.5, 0.6) is 0 Å². The highest BCUT2D eigenvalue weighted by molar-refractivity contribution is 7.47. The molecular weight excluding hydrogens is 631 g/mol. The van der Waals surface area contributed by atoms with E-state index in [0.717, 1.165) is 57.8 Å². The van der Waals surface area contributed by atoms with Crippen molar-refractivity contribution in [3.05, 3.63) is 24.3 Å². The molecular formula is C38H73O9P. The molecule has 48 heavy (non-hydrogen) atoms. The van der Waals surface area contributed by atoms with Gasteiger partial charge in [-0.15, -0.1) is 0 Å². The Morgan fingerprint density at radius 2 is 1.12 bits per heavy atom. The van der Waals surface area contributed by atoms with E-state index >= 15 is 0 Å². The zero-order valence-electron chi connectivity index (χ0n) is 30.7. The largest absolute Gasteiger partial charge is 0.472 e. The van der Waals surface area contributed by atoms with Crippen molar-refractivity contribution in [2.75, 3.05) is 33.0 Å². The normalized spacial score (nSPS) is 14.5. The van der Waals surface area contributed by atoms with Crippen molar-refractivity contribution in [3.8, 4) is 0 Å². The summed E-state index contributed by atoms with van der Waals surface area (Å²) >= 11 is 0. The second-order valence-corrected chi connectivity index (χ2v) is 14.4. The highest BCUT2D eigenvalue weighted by atomic mass is 31.2. The molecule has 0 bridgehead atoms. The second-order valence-electron chi connectivity index (χ2n) is 13.0. The van der Waals surface area contributed by atoms with Crippen molar-refractivity contribution >= 4 is 13.8 Å². The van der Waals surface area contributed by atoms with Crippen molar-refractivity contribution in [1.82, 2.24) is 0 Å². The first-order valence-electron chi connectivity index (χ1n) is 19.3. The summed E-state index contributed by atoms with van der Waals surface area (Å²) in [5.74, 6) is -0.391. The molecule has 0 aliphatic heterocycles. The topological polar surface area (TPSA) is 132 Å². The number of esters is 1. The number of hydrogen-bond donors (Lipinski definition) is 3. The number of hydrogen-bond acceptors (Lipinski definition) is 8. The van der Waals surface area contributed by atoms with E-state index in [0.29, 0.717) is 6.61 Å². The average Bonchev–Trinajstić information content (AvgIpc) is 3.07. The molecule has 0 fully saturated rings. The molecule has 0 spiro atoms. The zero-order chi connectivity index (χ0) is 35.4. The summed E-state index contributed by atoms with van der Waals surface area (Å²) in [6, 6.07) is 0. The van der Waals surface area contributed by atoms with Gasteiger partial charge in [-0.2, -0.15) is 0 Å². The molecule has 0 amide bonds. The highest BCUT2D eigenvalue weighted by Crippen LogP contribution is 2.43. The Morgan fingerprint density at radius 3 is 1.69 bits per heavy atom. The standard InChI is InChI=1S/C38H73O9P/c1-3-5-7-9-11-13-14-15-16-17-18-19-20-21-22-24-26-28-30-38(41)47-37(35-46-48(42,43)45-33-36(40)32-39)34-44-31-29-27-25-23-12-10-8-6-4-2/h13-14,16-17,36-37,39-40H,3-12,15,18-35H2,1-2H3,(H,42,43)/b14-13-,17-16-. The number of carbonyl (C=O) groups excluding carboxylic acids is 1. The van der Waals surface area contributed by atoms with Crippen LogP contribution in [0.2, 0.25) is 0 Å². The summed E-state index contributed by atoms with van der Waals surface area (Å²) < 4.78 is 33.2. The number of phosphoric acid groups is 1. The monoisotopic (exact) mass is 704 g/mol. The van der Waals surface area contributed by atoms with Crippen LogP contribution in [0, 0.1) is 0 Å². The molecule has 10 heteroatoms. The van der Waals surface area contributed by atoms with Crippen LogP contribution in [0.15, 0.2) is 24.3 Å². The van der Waals surface area contributed by atoms with Gasteiger partial charge in [-0.05, 0) is 44.9 Å². The molecule has 9 nitrogen and oxygen atoms in total. The lowest BCUT2D eigenvalue weighted by Gasteiger charge is -2.20. The van der Waals surface area contributed by atoms with E-state index in [1.54, 1.807) is 0 Å². The molecule has 0 rings (SSSR count). The summed E-state index contributed by atoms with van der Waals surface area (Å²) in [7, 11) is -4.51. The minimum absolute atomic E-state index is 0.0486. The Balaban J connectivity index is 4.18. The number of allylic oxidation sites excluding steroid dienone is 4. The lowest BCUT2D eigenvalue weighted by Crippen LogP contribution is -2.29. The predicted molar refractivity (Wildman–Crippen MR) is 196 cm³/mol. The van der Waals surface area contributed by atoms with Crippen LogP contribution in [0.4, 0.5) is 0 Å². The maximum atomic E-state index is 12.5. The van der Waals surface area contributed by atoms with Crippen LogP contribution < -0.4 is 0 Å². The van der Waals surface area contributed by atoms with Crippen LogP contribution in [-0.2, 0) is 27.9 Å². The van der Waals surface area contributed by atoms with Gasteiger partial charge in [-0.3, -0.25) is 13.8 Å². The van der Waals surface area contributed by atoms with Gasteiger partial charge in [0.15, 0.2) is 0 Å². The van der Waals surface area contributed by atoms with E-state index < -0.39 is 39.2 Å². The van der Waals surface area contributed by atoms with Gasteiger partial charge in [0.25, 0.3) is 0 Å². The summed E-state index contributed by atoms with van der Waals surface area (Å²) in [4.78, 5) is 22.4. The van der Waals surface area contributed by atoms with Crippen LogP contribution in [0.25, 0.3) is 0 Å². The predicted octanol–water partition coefficient (Wildman–Crippen LogP) is 9.92. The molecule has 0 aromatic carbocycles. The maximum Gasteiger partial charge on any atom is 0.472 e. The molecule has 0 aromatic rings. The molecule has 3 atom stereocenters. The maximum absolute atomic E-state index is 12.5. The van der Waals surface area contributed by atoms with Gasteiger partial charge in [0.1, 0.15) is 12.2 Å². The summed E-state index contributed by atoms with van der Waals surface area (Å²) in [5.41, 5.74) is 0.